The highest BCUT2D eigenvalue weighted by Gasteiger charge is 2.84. The van der Waals surface area contributed by atoms with Crippen molar-refractivity contribution in [1.29, 1.82) is 0 Å². The lowest BCUT2D eigenvalue weighted by atomic mass is 9.57. The van der Waals surface area contributed by atoms with Crippen LogP contribution < -0.4 is 0 Å². The van der Waals surface area contributed by atoms with Crippen molar-refractivity contribution in [3.05, 3.63) is 0 Å². The first kappa shape index (κ1) is 23.1. The molecule has 152 valence electrons. The number of carbonyl (C=O) groups excluding carboxylic acids is 5. The van der Waals surface area contributed by atoms with Crippen molar-refractivity contribution >= 4 is 28.9 Å². The monoisotopic (exact) mass is 390 g/mol. The van der Waals surface area contributed by atoms with E-state index in [1.165, 1.54) is 0 Å². The second kappa shape index (κ2) is 6.62. The molecule has 0 aliphatic carbocycles. The van der Waals surface area contributed by atoms with Gasteiger partial charge in [-0.3, -0.25) is 24.0 Å². The molecular formula is C16H22O11. The largest absolute Gasteiger partial charge is 0.382 e. The first-order valence-corrected chi connectivity index (χ1v) is 7.77. The summed E-state index contributed by atoms with van der Waals surface area (Å²) in [4.78, 5) is 60.3. The van der Waals surface area contributed by atoms with Gasteiger partial charge in [-0.1, -0.05) is 0 Å². The van der Waals surface area contributed by atoms with E-state index in [-0.39, 0.29) is 0 Å². The summed E-state index contributed by atoms with van der Waals surface area (Å²) in [5, 5.41) is 53.5. The van der Waals surface area contributed by atoms with Crippen LogP contribution in [0.1, 0.15) is 34.6 Å². The zero-order chi connectivity index (χ0) is 21.7. The highest BCUT2D eigenvalue weighted by atomic mass is 16.7. The molecule has 1 fully saturated rings. The van der Waals surface area contributed by atoms with Crippen LogP contribution in [0, 0.1) is 0 Å². The molecule has 1 heterocycles. The van der Waals surface area contributed by atoms with Crippen molar-refractivity contribution in [2.75, 3.05) is 0 Å². The summed E-state index contributed by atoms with van der Waals surface area (Å²) < 4.78 is 4.84. The smallest absolute Gasteiger partial charge is 0.267 e. The number of aliphatic hydroxyl groups is 5. The quantitative estimate of drug-likeness (QED) is 0.303. The summed E-state index contributed by atoms with van der Waals surface area (Å²) in [6, 6.07) is 0. The third kappa shape index (κ3) is 2.54. The molecule has 5 N–H and O–H groups in total. The zero-order valence-corrected chi connectivity index (χ0v) is 15.3. The molecule has 0 amide bonds. The number of aliphatic hydroxyl groups excluding tert-OH is 1. The summed E-state index contributed by atoms with van der Waals surface area (Å²) >= 11 is 0. The summed E-state index contributed by atoms with van der Waals surface area (Å²) in [7, 11) is 0. The van der Waals surface area contributed by atoms with Gasteiger partial charge in [-0.15, -0.1) is 0 Å². The minimum atomic E-state index is -3.85. The van der Waals surface area contributed by atoms with E-state index < -0.39 is 63.7 Å². The number of rotatable bonds is 6. The molecule has 1 rings (SSSR count). The summed E-state index contributed by atoms with van der Waals surface area (Å²) in [5.41, 5.74) is -11.3. The fourth-order valence-corrected chi connectivity index (χ4v) is 3.40. The van der Waals surface area contributed by atoms with Crippen LogP contribution in [-0.4, -0.2) is 89.2 Å². The first-order valence-electron chi connectivity index (χ1n) is 7.77. The van der Waals surface area contributed by atoms with E-state index in [9.17, 15) is 49.5 Å². The maximum Gasteiger partial charge on any atom is 0.267 e. The van der Waals surface area contributed by atoms with Gasteiger partial charge in [0.25, 0.3) is 5.79 Å². The molecule has 0 aromatic heterocycles. The van der Waals surface area contributed by atoms with Gasteiger partial charge in [-0.25, -0.2) is 0 Å². The summed E-state index contributed by atoms with van der Waals surface area (Å²) in [6.45, 7) is 3.15. The van der Waals surface area contributed by atoms with Gasteiger partial charge in [0.1, 0.15) is 12.2 Å². The number of ketones is 5. The van der Waals surface area contributed by atoms with Crippen LogP contribution in [0.4, 0.5) is 0 Å². The van der Waals surface area contributed by atoms with Crippen LogP contribution in [0.15, 0.2) is 0 Å². The maximum atomic E-state index is 12.3. The normalized spacial score (nSPS) is 40.1. The van der Waals surface area contributed by atoms with E-state index in [1.807, 2.05) is 0 Å². The Morgan fingerprint density at radius 2 is 1.15 bits per heavy atom. The van der Waals surface area contributed by atoms with Crippen LogP contribution >= 0.6 is 0 Å². The molecule has 11 heteroatoms. The number of ether oxygens (including phenoxy) is 1. The molecule has 0 bridgehead atoms. The molecule has 1 saturated heterocycles. The third-order valence-corrected chi connectivity index (χ3v) is 5.01. The van der Waals surface area contributed by atoms with Gasteiger partial charge in [0.05, 0.1) is 0 Å². The van der Waals surface area contributed by atoms with Gasteiger partial charge in [0, 0.05) is 6.92 Å². The van der Waals surface area contributed by atoms with Crippen LogP contribution in [-0.2, 0) is 28.7 Å². The molecule has 0 saturated carbocycles. The van der Waals surface area contributed by atoms with Crippen LogP contribution in [0.25, 0.3) is 0 Å². The Morgan fingerprint density at radius 3 is 1.41 bits per heavy atom. The van der Waals surface area contributed by atoms with Gasteiger partial charge in [-0.05, 0) is 27.7 Å². The minimum absolute atomic E-state index is 0.560. The Kier molecular flexibility index (Phi) is 5.67. The average molecular weight is 390 g/mol. The number of Topliss-reactive ketones (excluding diaryl/α,β-unsaturated/α-hetero) is 5. The number of hydrogen-bond donors (Lipinski definition) is 5. The highest BCUT2D eigenvalue weighted by Crippen LogP contribution is 2.51. The van der Waals surface area contributed by atoms with Crippen LogP contribution in [0.3, 0.4) is 0 Å². The van der Waals surface area contributed by atoms with Gasteiger partial charge in [-0.2, -0.15) is 0 Å². The highest BCUT2D eigenvalue weighted by molar-refractivity contribution is 6.09. The van der Waals surface area contributed by atoms with Crippen molar-refractivity contribution < 1.29 is 54.2 Å². The maximum absolute atomic E-state index is 12.3. The molecule has 6 atom stereocenters. The molecule has 1 unspecified atom stereocenters. The molecule has 1 aliphatic heterocycles. The van der Waals surface area contributed by atoms with Crippen molar-refractivity contribution in [2.24, 2.45) is 0 Å². The molecule has 0 spiro atoms. The standard InChI is InChI=1S/C16H22O11/c1-6(17)11(22)12-13(23,7(2)18)14(24,8(3)19)15(25,9(4)20)16(26,27-12)10(5)21/h11-12,22-26H,1-5H3/t11?,12-,13-,14+,15-,16-/m1/s1. The van der Waals surface area contributed by atoms with E-state index in [2.05, 4.69) is 0 Å². The second-order valence-electron chi connectivity index (χ2n) is 6.65. The Morgan fingerprint density at radius 1 is 0.741 bits per heavy atom. The SMILES string of the molecule is CC(=O)C(O)[C@H]1O[C@](O)(C(C)=O)[C@@](O)(C(C)=O)[C@](O)(C(C)=O)[C@@]1(O)C(C)=O. The minimum Gasteiger partial charge on any atom is -0.382 e. The summed E-state index contributed by atoms with van der Waals surface area (Å²) in [5.74, 6) is -11.0. The topological polar surface area (TPSA) is 196 Å². The zero-order valence-electron chi connectivity index (χ0n) is 15.3. The lowest BCUT2D eigenvalue weighted by molar-refractivity contribution is -0.394. The molecule has 0 aromatic rings. The van der Waals surface area contributed by atoms with Crippen molar-refractivity contribution in [1.82, 2.24) is 0 Å². The lowest BCUT2D eigenvalue weighted by Crippen LogP contribution is -2.91. The van der Waals surface area contributed by atoms with Gasteiger partial charge >= 0.3 is 0 Å². The predicted octanol–water partition coefficient (Wildman–Crippen LogP) is -3.43. The first-order chi connectivity index (χ1) is 12.0. The van der Waals surface area contributed by atoms with Gasteiger partial charge in [0.2, 0.25) is 11.2 Å². The second-order valence-corrected chi connectivity index (χ2v) is 6.65. The average Bonchev–Trinajstić information content (AvgIpc) is 2.54. The fourth-order valence-electron chi connectivity index (χ4n) is 3.40. The fraction of sp³-hybridized carbons (Fsp3) is 0.688. The van der Waals surface area contributed by atoms with Crippen molar-refractivity contribution in [2.45, 2.75) is 69.4 Å². The Hall–Kier alpha value is -1.89. The molecule has 0 aromatic carbocycles. The molecule has 1 aliphatic rings. The molecule has 0 radical (unpaired) electrons. The number of carbonyl (C=O) groups is 5. The summed E-state index contributed by atoms with van der Waals surface area (Å²) in [6.07, 6.45) is -5.00. The Labute approximate surface area is 153 Å². The van der Waals surface area contributed by atoms with Gasteiger partial charge in [0.15, 0.2) is 34.5 Å². The van der Waals surface area contributed by atoms with Crippen LogP contribution in [0.5, 0.6) is 0 Å². The molecule has 11 nitrogen and oxygen atoms in total. The van der Waals surface area contributed by atoms with Crippen molar-refractivity contribution in [3.63, 3.8) is 0 Å². The van der Waals surface area contributed by atoms with E-state index in [0.717, 1.165) is 6.92 Å². The van der Waals surface area contributed by atoms with E-state index in [4.69, 9.17) is 4.74 Å². The molecular weight excluding hydrogens is 368 g/mol. The van der Waals surface area contributed by atoms with E-state index in [0.29, 0.717) is 27.7 Å². The predicted molar refractivity (Wildman–Crippen MR) is 84.1 cm³/mol. The lowest BCUT2D eigenvalue weighted by Gasteiger charge is -2.60. The van der Waals surface area contributed by atoms with E-state index in [1.54, 1.807) is 0 Å². The van der Waals surface area contributed by atoms with E-state index >= 15 is 0 Å². The van der Waals surface area contributed by atoms with Crippen molar-refractivity contribution in [3.8, 4) is 0 Å². The van der Waals surface area contributed by atoms with Crippen LogP contribution in [0.2, 0.25) is 0 Å². The Balaban J connectivity index is 4.15. The van der Waals surface area contributed by atoms with Gasteiger partial charge < -0.3 is 30.3 Å². The number of hydrogen-bond acceptors (Lipinski definition) is 11. The third-order valence-electron chi connectivity index (χ3n) is 5.01. The Bertz CT molecular complexity index is 730. The molecule has 27 heavy (non-hydrogen) atoms.